The molecular formula is C24H29N7O6. The number of aliphatic carboxylic acids is 1. The molecular weight excluding hydrogens is 482 g/mol. The van der Waals surface area contributed by atoms with E-state index in [1.165, 1.54) is 0 Å². The van der Waals surface area contributed by atoms with Crippen LogP contribution in [0, 0.1) is 0 Å². The predicted octanol–water partition coefficient (Wildman–Crippen LogP) is 0.842. The van der Waals surface area contributed by atoms with Gasteiger partial charge in [0.15, 0.2) is 18.1 Å². The number of carboxylic acids is 1. The number of ether oxygens (including phenoxy) is 2. The van der Waals surface area contributed by atoms with E-state index in [4.69, 9.17) is 26.0 Å². The number of hydrogen-bond acceptors (Lipinski definition) is 10. The molecule has 13 heteroatoms. The molecule has 2 saturated heterocycles. The topological polar surface area (TPSA) is 192 Å². The zero-order valence-corrected chi connectivity index (χ0v) is 20.3. The number of nitrogens with two attached hydrogens (primary N) is 2. The third kappa shape index (κ3) is 4.74. The fourth-order valence-corrected chi connectivity index (χ4v) is 5.28. The molecule has 1 spiro atoms. The van der Waals surface area contributed by atoms with Gasteiger partial charge in [0.2, 0.25) is 5.95 Å². The minimum atomic E-state index is -1.14. The number of nitrogens with zero attached hydrogens (tertiary/aromatic N) is 5. The Morgan fingerprint density at radius 1 is 1.19 bits per heavy atom. The minimum absolute atomic E-state index is 0.0269. The van der Waals surface area contributed by atoms with Crippen molar-refractivity contribution in [2.45, 2.75) is 43.4 Å². The molecule has 4 heterocycles. The number of carbonyl (C=O) groups is 2. The van der Waals surface area contributed by atoms with Crippen LogP contribution in [0.4, 0.5) is 11.8 Å². The van der Waals surface area contributed by atoms with Gasteiger partial charge in [-0.25, -0.2) is 9.78 Å². The third-order valence-corrected chi connectivity index (χ3v) is 7.17. The molecule has 0 unspecified atom stereocenters. The molecule has 196 valence electrons. The number of hydrogen-bond donors (Lipinski definition) is 4. The van der Waals surface area contributed by atoms with E-state index in [2.05, 4.69) is 15.0 Å². The zero-order valence-electron chi connectivity index (χ0n) is 20.3. The van der Waals surface area contributed by atoms with Gasteiger partial charge >= 0.3 is 5.97 Å². The molecule has 37 heavy (non-hydrogen) atoms. The molecule has 1 amide bonds. The van der Waals surface area contributed by atoms with Crippen molar-refractivity contribution in [1.29, 1.82) is 0 Å². The molecule has 2 aromatic heterocycles. The average Bonchev–Trinajstić information content (AvgIpc) is 3.26. The molecule has 13 nitrogen and oxygen atoms in total. The first-order valence-corrected chi connectivity index (χ1v) is 11.9. The number of aliphatic hydroxyl groups is 1. The molecule has 2 atom stereocenters. The molecule has 6 N–H and O–H groups in total. The smallest absolute Gasteiger partial charge is 0.341 e. The lowest BCUT2D eigenvalue weighted by atomic mass is 9.75. The van der Waals surface area contributed by atoms with Crippen LogP contribution in [0.3, 0.4) is 0 Å². The summed E-state index contributed by atoms with van der Waals surface area (Å²) >= 11 is 0. The van der Waals surface area contributed by atoms with E-state index < -0.39 is 29.8 Å². The standard InChI is InChI=1S/C24H29N7O6/c1-23(35)12-24(37-10-16(23)31-13-27-18-19(25)28-22(26)29-20(18)31)6-8-30(9-7-24)21(34)14-2-4-15(5-3-14)36-11-17(32)33/h2-5,13,16,35H,6-12H2,1H3,(H,32,33)(H4,25,26,28,29)/t16-,23-/m0/s1. The molecule has 2 fully saturated rings. The molecule has 2 aliphatic rings. The van der Waals surface area contributed by atoms with Crippen molar-refractivity contribution >= 4 is 34.8 Å². The van der Waals surface area contributed by atoms with Crippen molar-refractivity contribution in [2.24, 2.45) is 0 Å². The number of amides is 1. The first-order chi connectivity index (χ1) is 17.6. The van der Waals surface area contributed by atoms with E-state index >= 15 is 0 Å². The van der Waals surface area contributed by atoms with Crippen LogP contribution in [0.5, 0.6) is 5.75 Å². The molecule has 2 aliphatic heterocycles. The second-order valence-electron chi connectivity index (χ2n) is 9.83. The number of likely N-dealkylation sites (tertiary alicyclic amines) is 1. The van der Waals surface area contributed by atoms with E-state index in [1.807, 2.05) is 0 Å². The fourth-order valence-electron chi connectivity index (χ4n) is 5.28. The Kier molecular flexibility index (Phi) is 6.12. The monoisotopic (exact) mass is 511 g/mol. The maximum absolute atomic E-state index is 13.0. The van der Waals surface area contributed by atoms with Gasteiger partial charge in [0.05, 0.1) is 30.2 Å². The molecule has 3 aromatic rings. The Hall–Kier alpha value is -3.97. The lowest BCUT2D eigenvalue weighted by Crippen LogP contribution is -2.58. The summed E-state index contributed by atoms with van der Waals surface area (Å²) in [6.45, 7) is 2.51. The van der Waals surface area contributed by atoms with Crippen molar-refractivity contribution in [2.75, 3.05) is 37.8 Å². The van der Waals surface area contributed by atoms with Crippen LogP contribution >= 0.6 is 0 Å². The Morgan fingerprint density at radius 2 is 1.89 bits per heavy atom. The number of carboxylic acid groups (broad SMARTS) is 1. The molecule has 0 radical (unpaired) electrons. The Morgan fingerprint density at radius 3 is 2.54 bits per heavy atom. The van der Waals surface area contributed by atoms with E-state index in [0.29, 0.717) is 54.8 Å². The summed E-state index contributed by atoms with van der Waals surface area (Å²) in [7, 11) is 0. The Labute approximate surface area is 212 Å². The lowest BCUT2D eigenvalue weighted by Gasteiger charge is -2.51. The number of piperidine rings is 1. The van der Waals surface area contributed by atoms with Crippen molar-refractivity contribution in [1.82, 2.24) is 24.4 Å². The normalized spacial score (nSPS) is 23.3. The number of benzene rings is 1. The predicted molar refractivity (Wildman–Crippen MR) is 132 cm³/mol. The quantitative estimate of drug-likeness (QED) is 0.379. The van der Waals surface area contributed by atoms with E-state index in [9.17, 15) is 14.7 Å². The maximum Gasteiger partial charge on any atom is 0.341 e. The summed E-state index contributed by atoms with van der Waals surface area (Å²) in [5, 5.41) is 20.2. The summed E-state index contributed by atoms with van der Waals surface area (Å²) in [5.74, 6) is -0.613. The van der Waals surface area contributed by atoms with Gasteiger partial charge in [0, 0.05) is 25.1 Å². The van der Waals surface area contributed by atoms with Gasteiger partial charge < -0.3 is 40.6 Å². The van der Waals surface area contributed by atoms with Crippen molar-refractivity contribution < 1.29 is 29.3 Å². The Balaban J connectivity index is 1.24. The van der Waals surface area contributed by atoms with Crippen LogP contribution in [-0.4, -0.2) is 84.0 Å². The van der Waals surface area contributed by atoms with Gasteiger partial charge in [0.25, 0.3) is 5.91 Å². The molecule has 0 saturated carbocycles. The highest BCUT2D eigenvalue weighted by molar-refractivity contribution is 5.94. The number of imidazole rings is 1. The summed E-state index contributed by atoms with van der Waals surface area (Å²) in [4.78, 5) is 37.9. The molecule has 1 aromatic carbocycles. The number of rotatable bonds is 5. The van der Waals surface area contributed by atoms with Crippen molar-refractivity contribution in [3.05, 3.63) is 36.2 Å². The first kappa shape index (κ1) is 24.7. The summed E-state index contributed by atoms with van der Waals surface area (Å²) in [5.41, 5.74) is 11.3. The maximum atomic E-state index is 13.0. The third-order valence-electron chi connectivity index (χ3n) is 7.17. The lowest BCUT2D eigenvalue weighted by molar-refractivity contribution is -0.194. The average molecular weight is 512 g/mol. The number of carbonyl (C=O) groups excluding carboxylic acids is 1. The highest BCUT2D eigenvalue weighted by Gasteiger charge is 2.50. The van der Waals surface area contributed by atoms with Crippen LogP contribution in [0.15, 0.2) is 30.6 Å². The molecule has 0 bridgehead atoms. The first-order valence-electron chi connectivity index (χ1n) is 11.9. The highest BCUT2D eigenvalue weighted by Crippen LogP contribution is 2.44. The highest BCUT2D eigenvalue weighted by atomic mass is 16.5. The number of fused-ring (bicyclic) bond motifs is 1. The van der Waals surface area contributed by atoms with E-state index in [1.54, 1.807) is 47.0 Å². The summed E-state index contributed by atoms with van der Waals surface area (Å²) in [6.07, 6.45) is 3.09. The summed E-state index contributed by atoms with van der Waals surface area (Å²) < 4.78 is 13.2. The van der Waals surface area contributed by atoms with Crippen LogP contribution < -0.4 is 16.2 Å². The van der Waals surface area contributed by atoms with Gasteiger partial charge in [-0.15, -0.1) is 0 Å². The fraction of sp³-hybridized carbons (Fsp3) is 0.458. The van der Waals surface area contributed by atoms with Crippen molar-refractivity contribution in [3.8, 4) is 5.75 Å². The van der Waals surface area contributed by atoms with E-state index in [0.717, 1.165) is 0 Å². The van der Waals surface area contributed by atoms with Gasteiger partial charge in [0.1, 0.15) is 11.3 Å². The number of aromatic nitrogens is 4. The summed E-state index contributed by atoms with van der Waals surface area (Å²) in [6, 6.07) is 5.94. The number of anilines is 2. The van der Waals surface area contributed by atoms with Crippen LogP contribution in [0.1, 0.15) is 42.6 Å². The van der Waals surface area contributed by atoms with Crippen LogP contribution in [-0.2, 0) is 9.53 Å². The SMILES string of the molecule is C[C@]1(O)CC2(CCN(C(=O)c3ccc(OCC(=O)O)cc3)CC2)OC[C@@H]1n1cnc2c(N)nc(N)nc21. The molecule has 0 aliphatic carbocycles. The van der Waals surface area contributed by atoms with Gasteiger partial charge in [-0.2, -0.15) is 9.97 Å². The second-order valence-corrected chi connectivity index (χ2v) is 9.83. The van der Waals surface area contributed by atoms with Crippen LogP contribution in [0.2, 0.25) is 0 Å². The molecule has 5 rings (SSSR count). The van der Waals surface area contributed by atoms with E-state index in [-0.39, 0.29) is 24.3 Å². The van der Waals surface area contributed by atoms with Crippen molar-refractivity contribution in [3.63, 3.8) is 0 Å². The zero-order chi connectivity index (χ0) is 26.4. The van der Waals surface area contributed by atoms with Gasteiger partial charge in [-0.3, -0.25) is 4.79 Å². The minimum Gasteiger partial charge on any atom is -0.482 e. The largest absolute Gasteiger partial charge is 0.482 e. The van der Waals surface area contributed by atoms with Gasteiger partial charge in [-0.05, 0) is 44.0 Å². The van der Waals surface area contributed by atoms with Gasteiger partial charge in [-0.1, -0.05) is 0 Å². The van der Waals surface area contributed by atoms with Crippen LogP contribution in [0.25, 0.3) is 11.2 Å². The number of nitrogen functional groups attached to an aromatic ring is 2. The second kappa shape index (κ2) is 9.16. The Bertz CT molecular complexity index is 1330.